The number of hydrogen-bond acceptors (Lipinski definition) is 11. The summed E-state index contributed by atoms with van der Waals surface area (Å²) < 4.78 is 0. The van der Waals surface area contributed by atoms with Crippen molar-refractivity contribution in [1.29, 1.82) is 0 Å². The second kappa shape index (κ2) is 27.5. The Morgan fingerprint density at radius 2 is 0.913 bits per heavy atom. The highest BCUT2D eigenvalue weighted by molar-refractivity contribution is 7.59. The molecule has 92 heavy (non-hydrogen) atoms. The fourth-order valence-corrected chi connectivity index (χ4v) is 13.9. The minimum atomic E-state index is -1.03. The zero-order valence-corrected chi connectivity index (χ0v) is 60.0. The molecule has 0 radical (unpaired) electrons. The molecule has 6 aliphatic rings. The van der Waals surface area contributed by atoms with E-state index >= 15 is 0 Å². The van der Waals surface area contributed by atoms with E-state index in [9.17, 15) is 57.8 Å². The molecule has 2 saturated carbocycles. The minimum absolute atomic E-state index is 0. The number of fused-ring (bicyclic) bond motifs is 2. The van der Waals surface area contributed by atoms with Crippen LogP contribution in [0.15, 0.2) is 30.3 Å². The van der Waals surface area contributed by atoms with Crippen molar-refractivity contribution in [3.05, 3.63) is 35.9 Å². The Hall–Kier alpha value is -6.46. The lowest BCUT2D eigenvalue weighted by molar-refractivity contribution is -0.155. The number of nitrogens with one attached hydrogen (secondary N) is 6. The van der Waals surface area contributed by atoms with Crippen molar-refractivity contribution in [2.45, 2.75) is 227 Å². The maximum atomic E-state index is 14.5. The van der Waals surface area contributed by atoms with Gasteiger partial charge in [0.25, 0.3) is 5.91 Å². The Morgan fingerprint density at radius 1 is 0.554 bits per heavy atom. The van der Waals surface area contributed by atoms with Crippen molar-refractivity contribution in [3.8, 4) is 0 Å². The monoisotopic (exact) mass is 1310 g/mol. The third kappa shape index (κ3) is 17.5. The molecule has 0 unspecified atom stereocenters. The van der Waals surface area contributed by atoms with Crippen LogP contribution in [-0.2, 0) is 38.4 Å². The van der Waals surface area contributed by atoms with Crippen LogP contribution in [0, 0.1) is 67.0 Å². The van der Waals surface area contributed by atoms with Crippen molar-refractivity contribution in [2.75, 3.05) is 32.7 Å². The lowest BCUT2D eigenvalue weighted by Gasteiger charge is -2.41. The normalized spacial score (nSPS) is 25.2. The number of likely N-dealkylation sites (tertiary alicyclic amines) is 4. The summed E-state index contributed by atoms with van der Waals surface area (Å²) in [5, 5.41) is 25.7. The van der Waals surface area contributed by atoms with Crippen molar-refractivity contribution >= 4 is 78.9 Å². The SMILES string of the molecule is CC1(C)CC(=O)N(C[C@@H](NC(=O)N[C@H](C(=O)N2C[C@H]3[C@@H]([C@H]2C(=O)O)C3(C)C)C(C)(C)C)C(C)(C)C)C(=O)C1.CCCN(NC(=O)[C@@H]1[C@@H]2[C@H](CN1C(=O)[C@@H](NC(=O)N[C@H](CN1C(=O)CC(C)(C)CC1=O)C(C)(C)C)C(C)(C)C)C2(C)C)C(=O)N[C@@H](C)c1ccccc1.S. The molecule has 7 N–H and O–H groups in total. The molecule has 0 bridgehead atoms. The predicted molar refractivity (Wildman–Crippen MR) is 355 cm³/mol. The van der Waals surface area contributed by atoms with Crippen LogP contribution in [0.1, 0.15) is 196 Å². The molecule has 0 aromatic heterocycles. The fourth-order valence-electron chi connectivity index (χ4n) is 13.9. The van der Waals surface area contributed by atoms with Gasteiger partial charge in [-0.15, -0.1) is 0 Å². The number of aliphatic carboxylic acids is 1. The number of carbonyl (C=O) groups excluding carboxylic acids is 10. The van der Waals surface area contributed by atoms with Gasteiger partial charge >= 0.3 is 24.1 Å². The van der Waals surface area contributed by atoms with Gasteiger partial charge in [-0.2, -0.15) is 13.5 Å². The van der Waals surface area contributed by atoms with Crippen molar-refractivity contribution in [1.82, 2.24) is 56.6 Å². The summed E-state index contributed by atoms with van der Waals surface area (Å²) in [6, 6.07) is 2.66. The van der Waals surface area contributed by atoms with Gasteiger partial charge in [0, 0.05) is 64.3 Å². The summed E-state index contributed by atoms with van der Waals surface area (Å²) in [6.07, 6.45) is 1.57. The molecule has 1 aromatic rings. The van der Waals surface area contributed by atoms with E-state index in [-0.39, 0.29) is 123 Å². The first-order valence-corrected chi connectivity index (χ1v) is 32.5. The summed E-state index contributed by atoms with van der Waals surface area (Å²) in [5.41, 5.74) is 0.164. The van der Waals surface area contributed by atoms with Gasteiger partial charge in [-0.1, -0.05) is 176 Å². The molecular formula is C68H111N11O12S. The van der Waals surface area contributed by atoms with Gasteiger partial charge in [-0.25, -0.2) is 24.2 Å². The quantitative estimate of drug-likeness (QED) is 0.0613. The van der Waals surface area contributed by atoms with E-state index in [4.69, 9.17) is 0 Å². The minimum Gasteiger partial charge on any atom is -0.480 e. The number of carboxylic acids is 1. The average molecular weight is 1310 g/mol. The molecule has 11 atom stereocenters. The Morgan fingerprint density at radius 3 is 1.25 bits per heavy atom. The van der Waals surface area contributed by atoms with E-state index in [0.29, 0.717) is 19.5 Å². The Balaban J connectivity index is 0.000000348. The van der Waals surface area contributed by atoms with E-state index in [1.54, 1.807) is 4.90 Å². The van der Waals surface area contributed by atoms with E-state index in [0.717, 1.165) is 5.56 Å². The molecule has 13 amide bonds. The van der Waals surface area contributed by atoms with Crippen molar-refractivity contribution in [2.24, 2.45) is 67.0 Å². The van der Waals surface area contributed by atoms with Crippen LogP contribution in [0.4, 0.5) is 14.4 Å². The topological polar surface area (TPSA) is 296 Å². The van der Waals surface area contributed by atoms with Gasteiger partial charge in [0.15, 0.2) is 0 Å². The van der Waals surface area contributed by atoms with Crippen molar-refractivity contribution in [3.63, 3.8) is 0 Å². The molecule has 4 saturated heterocycles. The van der Waals surface area contributed by atoms with Gasteiger partial charge in [0.05, 0.1) is 18.1 Å². The number of hydrogen-bond donors (Lipinski definition) is 7. The second-order valence-electron chi connectivity index (χ2n) is 33.8. The number of amides is 13. The van der Waals surface area contributed by atoms with Crippen LogP contribution in [0.25, 0.3) is 0 Å². The number of piperidine rings is 4. The lowest BCUT2D eigenvalue weighted by Crippen LogP contribution is -2.63. The molecule has 1 aromatic carbocycles. The molecule has 24 heteroatoms. The van der Waals surface area contributed by atoms with Gasteiger partial charge in [-0.3, -0.25) is 48.8 Å². The van der Waals surface area contributed by atoms with Crippen LogP contribution < -0.4 is 32.0 Å². The van der Waals surface area contributed by atoms with Crippen LogP contribution in [0.5, 0.6) is 0 Å². The zero-order chi connectivity index (χ0) is 69.0. The van der Waals surface area contributed by atoms with E-state index in [2.05, 4.69) is 45.9 Å². The lowest BCUT2D eigenvalue weighted by atomic mass is 9.80. The van der Waals surface area contributed by atoms with Crippen LogP contribution >= 0.6 is 13.5 Å². The summed E-state index contributed by atoms with van der Waals surface area (Å²) in [5.74, 6) is -3.38. The first-order valence-electron chi connectivity index (χ1n) is 32.5. The molecular weight excluding hydrogens is 1190 g/mol. The van der Waals surface area contributed by atoms with Crippen LogP contribution in [0.2, 0.25) is 0 Å². The number of hydrazine groups is 1. The van der Waals surface area contributed by atoms with E-state index < -0.39 is 111 Å². The highest BCUT2D eigenvalue weighted by atomic mass is 32.1. The highest BCUT2D eigenvalue weighted by Crippen LogP contribution is 2.66. The number of urea groups is 3. The number of nitrogens with zero attached hydrogens (tertiary/aromatic N) is 5. The molecule has 0 spiro atoms. The van der Waals surface area contributed by atoms with Crippen molar-refractivity contribution < 1.29 is 57.8 Å². The number of benzene rings is 1. The number of carboxylic acid groups (broad SMARTS) is 1. The average Bonchev–Trinajstić information content (AvgIpc) is 1.53. The molecule has 6 fully saturated rings. The van der Waals surface area contributed by atoms with Gasteiger partial charge in [-0.05, 0) is 80.0 Å². The molecule has 4 aliphatic heterocycles. The van der Waals surface area contributed by atoms with Crippen LogP contribution in [-0.4, -0.2) is 164 Å². The molecule has 2 aliphatic carbocycles. The summed E-state index contributed by atoms with van der Waals surface area (Å²) >= 11 is 0. The number of carbonyl (C=O) groups is 11. The third-order valence-electron chi connectivity index (χ3n) is 20.0. The first kappa shape index (κ1) is 76.3. The smallest absolute Gasteiger partial charge is 0.336 e. The van der Waals surface area contributed by atoms with E-state index in [1.807, 2.05) is 169 Å². The Labute approximate surface area is 553 Å². The molecule has 4 heterocycles. The summed E-state index contributed by atoms with van der Waals surface area (Å²) in [4.78, 5) is 152. The predicted octanol–water partition coefficient (Wildman–Crippen LogP) is 7.96. The largest absolute Gasteiger partial charge is 0.480 e. The number of imide groups is 2. The Kier molecular flexibility index (Phi) is 22.8. The maximum Gasteiger partial charge on any atom is 0.336 e. The zero-order valence-electron chi connectivity index (χ0n) is 59.0. The van der Waals surface area contributed by atoms with Gasteiger partial charge in [0.2, 0.25) is 35.4 Å². The highest BCUT2D eigenvalue weighted by Gasteiger charge is 2.71. The second-order valence-corrected chi connectivity index (χ2v) is 33.8. The van der Waals surface area contributed by atoms with Gasteiger partial charge in [0.1, 0.15) is 24.2 Å². The fraction of sp³-hybridized carbons (Fsp3) is 0.750. The maximum absolute atomic E-state index is 14.5. The Bertz CT molecular complexity index is 2940. The standard InChI is InChI=1S/C40H63N7O6.C28H46N4O6.H2S/c1-13-19-47(36(53)41-24(2)25-17-15-14-16-18-25)44-33(50)31-30-26(40(30,11)12)22-46(31)34(51)32(38(6,7)8)43-35(52)42-27(37(3,4)5)23-45-28(48)20-39(9,10)21-29(45)49;1-25(2,3)16(14-31-17(33)11-27(7,8)12-18(31)34)29-24(38)30-21(26(4,5)6)22(35)32-13-15-19(28(15,9)10)20(32)23(36)37;/h14-18,24,26-27,30-32H,13,19-23H2,1-12H3,(H,41,53)(H,44,50)(H2,42,43,52);15-16,19-21H,11-14H2,1-10H3,(H,36,37)(H2,29,30,38);1H2/t24-,26-,27+,30-,31-,32+;15-,16+,19-,20-,21+;/m00./s1. The van der Waals surface area contributed by atoms with E-state index in [1.165, 1.54) is 19.7 Å². The molecule has 7 rings (SSSR count). The first-order chi connectivity index (χ1) is 41.5. The molecule has 516 valence electrons. The summed E-state index contributed by atoms with van der Waals surface area (Å²) in [7, 11) is 0. The third-order valence-corrected chi connectivity index (χ3v) is 20.0. The number of rotatable bonds is 16. The van der Waals surface area contributed by atoms with Gasteiger partial charge < -0.3 is 41.5 Å². The summed E-state index contributed by atoms with van der Waals surface area (Å²) in [6.45, 7) is 43.0. The molecule has 23 nitrogen and oxygen atoms in total. The van der Waals surface area contributed by atoms with Crippen LogP contribution in [0.3, 0.4) is 0 Å².